The molecule has 0 radical (unpaired) electrons. The van der Waals surface area contributed by atoms with E-state index in [1.54, 1.807) is 0 Å². The van der Waals surface area contributed by atoms with Crippen LogP contribution in [0.2, 0.25) is 0 Å². The Balaban J connectivity index is 1.77. The van der Waals surface area contributed by atoms with Gasteiger partial charge in [-0.3, -0.25) is 14.6 Å². The molecule has 3 N–H and O–H groups in total. The average molecular weight is 242 g/mol. The average Bonchev–Trinajstić information content (AvgIpc) is 2.38. The van der Waals surface area contributed by atoms with Crippen LogP contribution in [0.4, 0.5) is 0 Å². The largest absolute Gasteiger partial charge is 0.379 e. The summed E-state index contributed by atoms with van der Waals surface area (Å²) in [6, 6.07) is -0.148. The maximum absolute atomic E-state index is 11.3. The Morgan fingerprint density at radius 3 is 2.76 bits per heavy atom. The minimum absolute atomic E-state index is 0.148. The first-order chi connectivity index (χ1) is 8.27. The Labute approximate surface area is 102 Å². The van der Waals surface area contributed by atoms with Crippen LogP contribution in [0.5, 0.6) is 0 Å². The molecule has 1 atom stereocenters. The van der Waals surface area contributed by atoms with Crippen molar-refractivity contribution in [2.75, 3.05) is 59.0 Å². The van der Waals surface area contributed by atoms with E-state index in [1.807, 2.05) is 0 Å². The number of hydrogen-bond donors (Lipinski definition) is 2. The Hall–Kier alpha value is -0.690. The lowest BCUT2D eigenvalue weighted by atomic mass is 10.2. The topological polar surface area (TPSA) is 70.8 Å². The van der Waals surface area contributed by atoms with Gasteiger partial charge in [-0.1, -0.05) is 0 Å². The third-order valence-electron chi connectivity index (χ3n) is 3.49. The number of amides is 1. The van der Waals surface area contributed by atoms with Gasteiger partial charge in [-0.15, -0.1) is 0 Å². The number of primary amides is 1. The van der Waals surface area contributed by atoms with Crippen LogP contribution in [0.25, 0.3) is 0 Å². The molecule has 1 amide bonds. The van der Waals surface area contributed by atoms with Crippen LogP contribution in [0.15, 0.2) is 0 Å². The van der Waals surface area contributed by atoms with Crippen molar-refractivity contribution in [1.29, 1.82) is 0 Å². The molecule has 2 heterocycles. The molecule has 2 aliphatic rings. The molecule has 0 aliphatic carbocycles. The fourth-order valence-electron chi connectivity index (χ4n) is 2.39. The highest BCUT2D eigenvalue weighted by Gasteiger charge is 2.26. The van der Waals surface area contributed by atoms with E-state index in [9.17, 15) is 4.79 Å². The lowest BCUT2D eigenvalue weighted by Crippen LogP contribution is -2.58. The maximum atomic E-state index is 11.3. The number of nitrogens with two attached hydrogens (primary N) is 1. The van der Waals surface area contributed by atoms with Gasteiger partial charge in [-0.25, -0.2) is 0 Å². The summed E-state index contributed by atoms with van der Waals surface area (Å²) in [7, 11) is 0. The Bertz CT molecular complexity index is 256. The number of morpholine rings is 1. The predicted octanol–water partition coefficient (Wildman–Crippen LogP) is -1.92. The van der Waals surface area contributed by atoms with E-state index in [0.29, 0.717) is 6.54 Å². The number of rotatable bonds is 4. The van der Waals surface area contributed by atoms with Gasteiger partial charge in [0, 0.05) is 45.8 Å². The molecule has 17 heavy (non-hydrogen) atoms. The number of hydrogen-bond acceptors (Lipinski definition) is 5. The van der Waals surface area contributed by atoms with Crippen molar-refractivity contribution < 1.29 is 9.53 Å². The van der Waals surface area contributed by atoms with Gasteiger partial charge < -0.3 is 15.8 Å². The number of piperazine rings is 1. The zero-order valence-corrected chi connectivity index (χ0v) is 10.2. The van der Waals surface area contributed by atoms with E-state index in [1.165, 1.54) is 0 Å². The van der Waals surface area contributed by atoms with E-state index in [0.717, 1.165) is 52.5 Å². The Morgan fingerprint density at radius 2 is 2.06 bits per heavy atom. The van der Waals surface area contributed by atoms with Crippen LogP contribution in [-0.4, -0.2) is 80.8 Å². The molecule has 2 fully saturated rings. The van der Waals surface area contributed by atoms with Crippen LogP contribution in [0, 0.1) is 0 Å². The molecule has 0 bridgehead atoms. The summed E-state index contributed by atoms with van der Waals surface area (Å²) in [5.74, 6) is -0.223. The fourth-order valence-corrected chi connectivity index (χ4v) is 2.39. The summed E-state index contributed by atoms with van der Waals surface area (Å²) in [5.41, 5.74) is 5.41. The third-order valence-corrected chi connectivity index (χ3v) is 3.49. The molecular weight excluding hydrogens is 220 g/mol. The molecule has 6 heteroatoms. The second-order valence-electron chi connectivity index (χ2n) is 4.61. The van der Waals surface area contributed by atoms with E-state index >= 15 is 0 Å². The summed E-state index contributed by atoms with van der Waals surface area (Å²) < 4.78 is 5.31. The molecule has 2 rings (SSSR count). The summed E-state index contributed by atoms with van der Waals surface area (Å²) in [6.45, 7) is 8.05. The van der Waals surface area contributed by atoms with Crippen LogP contribution in [-0.2, 0) is 9.53 Å². The van der Waals surface area contributed by atoms with Crippen LogP contribution in [0.3, 0.4) is 0 Å². The molecule has 2 saturated heterocycles. The fraction of sp³-hybridized carbons (Fsp3) is 0.909. The second-order valence-corrected chi connectivity index (χ2v) is 4.61. The van der Waals surface area contributed by atoms with Gasteiger partial charge in [0.2, 0.25) is 5.91 Å². The summed E-state index contributed by atoms with van der Waals surface area (Å²) in [6.07, 6.45) is 0. The van der Waals surface area contributed by atoms with Gasteiger partial charge in [0.15, 0.2) is 0 Å². The molecule has 0 aromatic carbocycles. The van der Waals surface area contributed by atoms with E-state index < -0.39 is 0 Å². The molecule has 2 aliphatic heterocycles. The van der Waals surface area contributed by atoms with Crippen LogP contribution >= 0.6 is 0 Å². The standard InChI is InChI=1S/C11H22N4O2/c12-11(16)10-9-13-1-2-15(10)4-3-14-5-7-17-8-6-14/h10,13H,1-9H2,(H2,12,16). The lowest BCUT2D eigenvalue weighted by Gasteiger charge is -2.36. The highest BCUT2D eigenvalue weighted by atomic mass is 16.5. The molecule has 0 aromatic heterocycles. The molecule has 6 nitrogen and oxygen atoms in total. The Morgan fingerprint density at radius 1 is 1.29 bits per heavy atom. The van der Waals surface area contributed by atoms with E-state index in [4.69, 9.17) is 10.5 Å². The normalized spacial score (nSPS) is 28.1. The maximum Gasteiger partial charge on any atom is 0.236 e. The minimum atomic E-state index is -0.223. The first-order valence-electron chi connectivity index (χ1n) is 6.31. The molecule has 1 unspecified atom stereocenters. The number of nitrogens with zero attached hydrogens (tertiary/aromatic N) is 2. The lowest BCUT2D eigenvalue weighted by molar-refractivity contribution is -0.124. The van der Waals surface area contributed by atoms with Crippen molar-refractivity contribution >= 4 is 5.91 Å². The van der Waals surface area contributed by atoms with Crippen molar-refractivity contribution in [3.63, 3.8) is 0 Å². The number of carbonyl (C=O) groups excluding carboxylic acids is 1. The van der Waals surface area contributed by atoms with Crippen molar-refractivity contribution in [3.8, 4) is 0 Å². The first-order valence-corrected chi connectivity index (χ1v) is 6.31. The van der Waals surface area contributed by atoms with E-state index in [-0.39, 0.29) is 11.9 Å². The number of carbonyl (C=O) groups is 1. The molecule has 98 valence electrons. The van der Waals surface area contributed by atoms with Gasteiger partial charge in [0.05, 0.1) is 13.2 Å². The van der Waals surface area contributed by atoms with E-state index in [2.05, 4.69) is 15.1 Å². The highest BCUT2D eigenvalue weighted by molar-refractivity contribution is 5.80. The smallest absolute Gasteiger partial charge is 0.236 e. The van der Waals surface area contributed by atoms with Gasteiger partial charge >= 0.3 is 0 Å². The third kappa shape index (κ3) is 3.64. The van der Waals surface area contributed by atoms with Crippen LogP contribution in [0.1, 0.15) is 0 Å². The molecule has 0 saturated carbocycles. The number of ether oxygens (including phenoxy) is 1. The van der Waals surface area contributed by atoms with Crippen LogP contribution < -0.4 is 11.1 Å². The van der Waals surface area contributed by atoms with Gasteiger partial charge in [-0.2, -0.15) is 0 Å². The minimum Gasteiger partial charge on any atom is -0.379 e. The quantitative estimate of drug-likeness (QED) is 0.601. The van der Waals surface area contributed by atoms with Crippen molar-refractivity contribution in [1.82, 2.24) is 15.1 Å². The summed E-state index contributed by atoms with van der Waals surface area (Å²) in [4.78, 5) is 15.9. The van der Waals surface area contributed by atoms with Crippen molar-refractivity contribution in [2.24, 2.45) is 5.73 Å². The van der Waals surface area contributed by atoms with Crippen molar-refractivity contribution in [3.05, 3.63) is 0 Å². The first kappa shape index (κ1) is 12.8. The van der Waals surface area contributed by atoms with Gasteiger partial charge in [0.25, 0.3) is 0 Å². The highest BCUT2D eigenvalue weighted by Crippen LogP contribution is 2.04. The molecule has 0 spiro atoms. The number of nitrogens with one attached hydrogen (secondary N) is 1. The zero-order valence-electron chi connectivity index (χ0n) is 10.2. The van der Waals surface area contributed by atoms with Crippen molar-refractivity contribution in [2.45, 2.75) is 6.04 Å². The summed E-state index contributed by atoms with van der Waals surface area (Å²) >= 11 is 0. The SMILES string of the molecule is NC(=O)C1CNCCN1CCN1CCOCC1. The zero-order chi connectivity index (χ0) is 12.1. The van der Waals surface area contributed by atoms with Gasteiger partial charge in [0.1, 0.15) is 6.04 Å². The molecule has 0 aromatic rings. The Kier molecular flexibility index (Phi) is 4.73. The molecular formula is C11H22N4O2. The summed E-state index contributed by atoms with van der Waals surface area (Å²) in [5, 5.41) is 3.21. The second kappa shape index (κ2) is 6.30. The predicted molar refractivity (Wildman–Crippen MR) is 64.7 cm³/mol. The van der Waals surface area contributed by atoms with Gasteiger partial charge in [-0.05, 0) is 0 Å². The monoisotopic (exact) mass is 242 g/mol.